The maximum absolute atomic E-state index is 4.54. The zero-order chi connectivity index (χ0) is 10.7. The van der Waals surface area contributed by atoms with Crippen LogP contribution in [0.2, 0.25) is 0 Å². The minimum Gasteiger partial charge on any atom is -0.342 e. The van der Waals surface area contributed by atoms with E-state index in [4.69, 9.17) is 0 Å². The molecule has 1 aromatic carbocycles. The summed E-state index contributed by atoms with van der Waals surface area (Å²) in [5.41, 5.74) is 2.20. The maximum atomic E-state index is 4.54. The van der Waals surface area contributed by atoms with Crippen molar-refractivity contribution in [1.82, 2.24) is 14.9 Å². The third kappa shape index (κ3) is 2.57. The summed E-state index contributed by atoms with van der Waals surface area (Å²) < 4.78 is 0. The Morgan fingerprint density at radius 3 is 2.80 bits per heavy atom. The number of para-hydroxylation sites is 2. The summed E-state index contributed by atoms with van der Waals surface area (Å²) in [4.78, 5) is 10.1. The van der Waals surface area contributed by atoms with Gasteiger partial charge in [0.1, 0.15) is 5.82 Å². The third-order valence-corrected chi connectivity index (χ3v) is 2.46. The molecule has 2 rings (SSSR count). The molecule has 0 atom stereocenters. The molecule has 2 aromatic rings. The second-order valence-electron chi connectivity index (χ2n) is 4.11. The van der Waals surface area contributed by atoms with Crippen LogP contribution in [0.15, 0.2) is 24.3 Å². The lowest BCUT2D eigenvalue weighted by atomic mass is 10.3. The molecule has 1 heterocycles. The Balaban J connectivity index is 2.03. The van der Waals surface area contributed by atoms with Gasteiger partial charge in [0.15, 0.2) is 0 Å². The van der Waals surface area contributed by atoms with E-state index >= 15 is 0 Å². The molecule has 0 bridgehead atoms. The van der Waals surface area contributed by atoms with E-state index in [1.807, 2.05) is 18.2 Å². The van der Waals surface area contributed by atoms with Gasteiger partial charge in [-0.15, -0.1) is 0 Å². The van der Waals surface area contributed by atoms with Gasteiger partial charge in [0.2, 0.25) is 0 Å². The lowest BCUT2D eigenvalue weighted by Gasteiger charge is -2.07. The number of aryl methyl sites for hydroxylation is 1. The van der Waals surface area contributed by atoms with Crippen molar-refractivity contribution in [3.8, 4) is 0 Å². The smallest absolute Gasteiger partial charge is 0.107 e. The van der Waals surface area contributed by atoms with Crippen LogP contribution in [0.5, 0.6) is 0 Å². The molecule has 3 nitrogen and oxygen atoms in total. The fourth-order valence-corrected chi connectivity index (χ4v) is 1.69. The molecule has 0 aliphatic rings. The fourth-order valence-electron chi connectivity index (χ4n) is 1.69. The Morgan fingerprint density at radius 1 is 1.27 bits per heavy atom. The van der Waals surface area contributed by atoms with Crippen molar-refractivity contribution in [1.29, 1.82) is 0 Å². The first-order valence-electron chi connectivity index (χ1n) is 5.34. The Bertz CT molecular complexity index is 398. The molecular formula is C12H17N3. The van der Waals surface area contributed by atoms with Crippen LogP contribution in [-0.2, 0) is 6.42 Å². The van der Waals surface area contributed by atoms with E-state index in [1.165, 1.54) is 0 Å². The van der Waals surface area contributed by atoms with Crippen molar-refractivity contribution in [3.05, 3.63) is 30.1 Å². The van der Waals surface area contributed by atoms with E-state index < -0.39 is 0 Å². The summed E-state index contributed by atoms with van der Waals surface area (Å²) in [7, 11) is 4.19. The number of benzene rings is 1. The molecule has 15 heavy (non-hydrogen) atoms. The number of hydrogen-bond acceptors (Lipinski definition) is 2. The molecule has 0 aliphatic carbocycles. The largest absolute Gasteiger partial charge is 0.342 e. The topological polar surface area (TPSA) is 31.9 Å². The van der Waals surface area contributed by atoms with Gasteiger partial charge in [-0.3, -0.25) is 0 Å². The number of imidazole rings is 1. The molecule has 0 aliphatic heterocycles. The van der Waals surface area contributed by atoms with Crippen molar-refractivity contribution < 1.29 is 0 Å². The van der Waals surface area contributed by atoms with Crippen LogP contribution in [0.3, 0.4) is 0 Å². The summed E-state index contributed by atoms with van der Waals surface area (Å²) in [5.74, 6) is 1.10. The number of nitrogens with one attached hydrogen (secondary N) is 1. The second-order valence-corrected chi connectivity index (χ2v) is 4.11. The average Bonchev–Trinajstić information content (AvgIpc) is 2.59. The first kappa shape index (κ1) is 10.2. The SMILES string of the molecule is CN(C)CCCc1nc2ccccc2[nH]1. The third-order valence-electron chi connectivity index (χ3n) is 2.46. The molecule has 0 radical (unpaired) electrons. The molecule has 1 aromatic heterocycles. The van der Waals surface area contributed by atoms with Gasteiger partial charge in [0.25, 0.3) is 0 Å². The van der Waals surface area contributed by atoms with Gasteiger partial charge in [0.05, 0.1) is 11.0 Å². The molecule has 0 unspecified atom stereocenters. The summed E-state index contributed by atoms with van der Waals surface area (Å²) in [5, 5.41) is 0. The molecular weight excluding hydrogens is 186 g/mol. The van der Waals surface area contributed by atoms with Crippen molar-refractivity contribution in [3.63, 3.8) is 0 Å². The Morgan fingerprint density at radius 2 is 2.07 bits per heavy atom. The zero-order valence-corrected chi connectivity index (χ0v) is 9.33. The van der Waals surface area contributed by atoms with Crippen LogP contribution >= 0.6 is 0 Å². The minimum absolute atomic E-state index is 1.02. The average molecular weight is 203 g/mol. The van der Waals surface area contributed by atoms with Gasteiger partial charge < -0.3 is 9.88 Å². The highest BCUT2D eigenvalue weighted by atomic mass is 15.0. The molecule has 0 fully saturated rings. The maximum Gasteiger partial charge on any atom is 0.107 e. The van der Waals surface area contributed by atoms with Crippen molar-refractivity contribution in [2.75, 3.05) is 20.6 Å². The van der Waals surface area contributed by atoms with Crippen LogP contribution in [0, 0.1) is 0 Å². The van der Waals surface area contributed by atoms with Gasteiger partial charge in [0, 0.05) is 6.42 Å². The Kier molecular flexibility index (Phi) is 3.02. The monoisotopic (exact) mass is 203 g/mol. The number of hydrogen-bond donors (Lipinski definition) is 1. The standard InChI is InChI=1S/C12H17N3/c1-15(2)9-5-8-12-13-10-6-3-4-7-11(10)14-12/h3-4,6-7H,5,8-9H2,1-2H3,(H,13,14). The normalized spacial score (nSPS) is 11.4. The van der Waals surface area contributed by atoms with E-state index in [0.29, 0.717) is 0 Å². The second kappa shape index (κ2) is 4.45. The summed E-state index contributed by atoms with van der Waals surface area (Å²) in [6.07, 6.45) is 2.17. The quantitative estimate of drug-likeness (QED) is 0.824. The van der Waals surface area contributed by atoms with Crippen LogP contribution in [-0.4, -0.2) is 35.5 Å². The van der Waals surface area contributed by atoms with Crippen LogP contribution in [0.1, 0.15) is 12.2 Å². The Hall–Kier alpha value is -1.35. The number of aromatic nitrogens is 2. The zero-order valence-electron chi connectivity index (χ0n) is 9.33. The first-order chi connectivity index (χ1) is 7.25. The van der Waals surface area contributed by atoms with Gasteiger partial charge in [-0.1, -0.05) is 12.1 Å². The van der Waals surface area contributed by atoms with E-state index in [0.717, 1.165) is 36.2 Å². The number of aromatic amines is 1. The van der Waals surface area contributed by atoms with Gasteiger partial charge in [-0.05, 0) is 39.2 Å². The summed E-state index contributed by atoms with van der Waals surface area (Å²) in [6, 6.07) is 8.16. The highest BCUT2D eigenvalue weighted by molar-refractivity contribution is 5.74. The number of rotatable bonds is 4. The number of nitrogens with zero attached hydrogens (tertiary/aromatic N) is 2. The molecule has 0 saturated heterocycles. The predicted molar refractivity (Wildman–Crippen MR) is 63.0 cm³/mol. The molecule has 0 spiro atoms. The summed E-state index contributed by atoms with van der Waals surface area (Å²) in [6.45, 7) is 1.11. The van der Waals surface area contributed by atoms with Crippen LogP contribution < -0.4 is 0 Å². The Labute approximate surface area is 90.1 Å². The molecule has 0 saturated carbocycles. The van der Waals surface area contributed by atoms with E-state index in [1.54, 1.807) is 0 Å². The molecule has 1 N–H and O–H groups in total. The van der Waals surface area contributed by atoms with Gasteiger partial charge >= 0.3 is 0 Å². The fraction of sp³-hybridized carbons (Fsp3) is 0.417. The van der Waals surface area contributed by atoms with Crippen molar-refractivity contribution in [2.24, 2.45) is 0 Å². The molecule has 3 heteroatoms. The van der Waals surface area contributed by atoms with E-state index in [-0.39, 0.29) is 0 Å². The van der Waals surface area contributed by atoms with Gasteiger partial charge in [-0.25, -0.2) is 4.98 Å². The number of H-pyrrole nitrogens is 1. The minimum atomic E-state index is 1.02. The lowest BCUT2D eigenvalue weighted by molar-refractivity contribution is 0.399. The molecule has 0 amide bonds. The predicted octanol–water partition coefficient (Wildman–Crippen LogP) is 2.06. The molecule has 80 valence electrons. The van der Waals surface area contributed by atoms with Crippen molar-refractivity contribution >= 4 is 11.0 Å². The number of fused-ring (bicyclic) bond motifs is 1. The first-order valence-corrected chi connectivity index (χ1v) is 5.34. The highest BCUT2D eigenvalue weighted by Crippen LogP contribution is 2.11. The van der Waals surface area contributed by atoms with E-state index in [2.05, 4.69) is 35.0 Å². The van der Waals surface area contributed by atoms with Crippen LogP contribution in [0.25, 0.3) is 11.0 Å². The highest BCUT2D eigenvalue weighted by Gasteiger charge is 2.01. The van der Waals surface area contributed by atoms with Crippen LogP contribution in [0.4, 0.5) is 0 Å². The van der Waals surface area contributed by atoms with Crippen molar-refractivity contribution in [2.45, 2.75) is 12.8 Å². The van der Waals surface area contributed by atoms with E-state index in [9.17, 15) is 0 Å². The summed E-state index contributed by atoms with van der Waals surface area (Å²) >= 11 is 0. The lowest BCUT2D eigenvalue weighted by Crippen LogP contribution is -2.13. The van der Waals surface area contributed by atoms with Gasteiger partial charge in [-0.2, -0.15) is 0 Å².